The molecule has 1 aliphatic carbocycles. The average Bonchev–Trinajstić information content (AvgIpc) is 3.29. The second kappa shape index (κ2) is 11.7. The van der Waals surface area contributed by atoms with E-state index in [2.05, 4.69) is 26.0 Å². The topological polar surface area (TPSA) is 17.1 Å². The Morgan fingerprint density at radius 2 is 1.55 bits per heavy atom. The van der Waals surface area contributed by atoms with Crippen molar-refractivity contribution in [3.63, 3.8) is 0 Å². The van der Waals surface area contributed by atoms with Crippen LogP contribution in [0.3, 0.4) is 0 Å². The number of benzene rings is 1. The van der Waals surface area contributed by atoms with Crippen molar-refractivity contribution in [3.05, 3.63) is 35.9 Å². The summed E-state index contributed by atoms with van der Waals surface area (Å²) in [5, 5.41) is 0. The quantitative estimate of drug-likeness (QED) is 0.603. The molecule has 1 aromatic carbocycles. The summed E-state index contributed by atoms with van der Waals surface area (Å²) in [4.78, 5) is 11.0. The monoisotopic (exact) mass is 276 g/mol. The molecule has 0 heterocycles. The molecule has 2 rings (SSSR count). The summed E-state index contributed by atoms with van der Waals surface area (Å²) >= 11 is 0. The Bertz CT molecular complexity index is 338. The first-order valence-corrected chi connectivity index (χ1v) is 8.26. The first-order valence-electron chi connectivity index (χ1n) is 8.26. The zero-order valence-corrected chi connectivity index (χ0v) is 14.0. The van der Waals surface area contributed by atoms with Gasteiger partial charge in [0.05, 0.1) is 0 Å². The van der Waals surface area contributed by atoms with Gasteiger partial charge in [0.2, 0.25) is 0 Å². The lowest BCUT2D eigenvalue weighted by molar-refractivity contribution is -0.118. The molecule has 0 amide bonds. The van der Waals surface area contributed by atoms with Crippen molar-refractivity contribution in [1.29, 1.82) is 0 Å². The fraction of sp³-hybridized carbons (Fsp3) is 0.632. The molecule has 0 spiro atoms. The summed E-state index contributed by atoms with van der Waals surface area (Å²) in [6, 6.07) is 10.3. The van der Waals surface area contributed by atoms with Gasteiger partial charge in [-0.25, -0.2) is 0 Å². The van der Waals surface area contributed by atoms with Crippen LogP contribution in [-0.4, -0.2) is 5.78 Å². The van der Waals surface area contributed by atoms with Gasteiger partial charge in [0.15, 0.2) is 0 Å². The largest absolute Gasteiger partial charge is 0.300 e. The molecule has 2 atom stereocenters. The van der Waals surface area contributed by atoms with Crippen LogP contribution in [0.5, 0.6) is 0 Å². The van der Waals surface area contributed by atoms with Gasteiger partial charge in [0, 0.05) is 5.92 Å². The molecule has 0 aromatic heterocycles. The number of Topliss-reactive ketones (excluding diaryl/α,β-unsaturated/α-hetero) is 1. The van der Waals surface area contributed by atoms with Gasteiger partial charge in [-0.2, -0.15) is 0 Å². The van der Waals surface area contributed by atoms with Crippen molar-refractivity contribution in [3.8, 4) is 0 Å². The molecule has 0 radical (unpaired) electrons. The van der Waals surface area contributed by atoms with Gasteiger partial charge in [-0.1, -0.05) is 83.7 Å². The van der Waals surface area contributed by atoms with E-state index < -0.39 is 0 Å². The van der Waals surface area contributed by atoms with Crippen molar-refractivity contribution in [2.45, 2.75) is 72.6 Å². The number of hydrogen-bond donors (Lipinski definition) is 0. The Morgan fingerprint density at radius 3 is 1.90 bits per heavy atom. The van der Waals surface area contributed by atoms with Crippen LogP contribution in [0.15, 0.2) is 30.3 Å². The zero-order chi connectivity index (χ0) is 15.4. The van der Waals surface area contributed by atoms with Crippen molar-refractivity contribution in [2.24, 2.45) is 5.92 Å². The van der Waals surface area contributed by atoms with Crippen LogP contribution in [-0.2, 0) is 4.79 Å². The van der Waals surface area contributed by atoms with E-state index in [0.717, 1.165) is 6.42 Å². The van der Waals surface area contributed by atoms with E-state index in [1.807, 2.05) is 32.0 Å². The fourth-order valence-corrected chi connectivity index (χ4v) is 2.21. The second-order valence-corrected chi connectivity index (χ2v) is 5.18. The van der Waals surface area contributed by atoms with E-state index in [-0.39, 0.29) is 0 Å². The third-order valence-corrected chi connectivity index (χ3v) is 3.50. The van der Waals surface area contributed by atoms with Crippen molar-refractivity contribution >= 4 is 5.78 Å². The molecule has 1 fully saturated rings. The van der Waals surface area contributed by atoms with Gasteiger partial charge >= 0.3 is 0 Å². The molecular weight excluding hydrogens is 244 g/mol. The first kappa shape index (κ1) is 18.9. The predicted octanol–water partition coefficient (Wildman–Crippen LogP) is 5.99. The summed E-state index contributed by atoms with van der Waals surface area (Å²) < 4.78 is 0. The SMILES string of the molecule is CC.CC(=O)C1CC1c1ccccc1.CCCCCC. The van der Waals surface area contributed by atoms with Crippen LogP contribution in [0.4, 0.5) is 0 Å². The maximum absolute atomic E-state index is 11.0. The molecule has 114 valence electrons. The van der Waals surface area contributed by atoms with Crippen LogP contribution >= 0.6 is 0 Å². The van der Waals surface area contributed by atoms with Crippen molar-refractivity contribution in [1.82, 2.24) is 0 Å². The highest BCUT2D eigenvalue weighted by Crippen LogP contribution is 2.47. The molecule has 1 aliphatic rings. The number of carbonyl (C=O) groups excluding carboxylic acids is 1. The maximum atomic E-state index is 11.0. The van der Waals surface area contributed by atoms with Gasteiger partial charge in [-0.3, -0.25) is 4.79 Å². The van der Waals surface area contributed by atoms with E-state index in [0.29, 0.717) is 17.6 Å². The van der Waals surface area contributed by atoms with Crippen LogP contribution in [0, 0.1) is 5.92 Å². The lowest BCUT2D eigenvalue weighted by Crippen LogP contribution is -1.94. The molecule has 20 heavy (non-hydrogen) atoms. The molecule has 1 aromatic rings. The molecule has 1 nitrogen and oxygen atoms in total. The lowest BCUT2D eigenvalue weighted by atomic mass is 10.1. The van der Waals surface area contributed by atoms with Gasteiger partial charge in [-0.15, -0.1) is 0 Å². The summed E-state index contributed by atoms with van der Waals surface area (Å²) in [7, 11) is 0. The van der Waals surface area contributed by atoms with Gasteiger partial charge in [0.25, 0.3) is 0 Å². The van der Waals surface area contributed by atoms with E-state index in [9.17, 15) is 4.79 Å². The number of rotatable bonds is 5. The highest BCUT2D eigenvalue weighted by atomic mass is 16.1. The van der Waals surface area contributed by atoms with Crippen LogP contribution in [0.25, 0.3) is 0 Å². The Labute approximate surface area is 125 Å². The van der Waals surface area contributed by atoms with E-state index in [4.69, 9.17) is 0 Å². The molecule has 0 N–H and O–H groups in total. The standard InChI is InChI=1S/C11H12O.C6H14.C2H6/c1-8(12)10-7-11(10)9-5-3-2-4-6-9;1-3-5-6-4-2;1-2/h2-6,10-11H,7H2,1H3;3-6H2,1-2H3;1-2H3. The highest BCUT2D eigenvalue weighted by Gasteiger charge is 2.41. The minimum atomic E-state index is 0.312. The maximum Gasteiger partial charge on any atom is 0.133 e. The predicted molar refractivity (Wildman–Crippen MR) is 89.1 cm³/mol. The Balaban J connectivity index is 0.000000387. The van der Waals surface area contributed by atoms with Gasteiger partial charge in [-0.05, 0) is 24.8 Å². The Kier molecular flexibility index (Phi) is 11.0. The fourth-order valence-electron chi connectivity index (χ4n) is 2.21. The van der Waals surface area contributed by atoms with Crippen LogP contribution < -0.4 is 0 Å². The number of ketones is 1. The van der Waals surface area contributed by atoms with Crippen LogP contribution in [0.2, 0.25) is 0 Å². The molecule has 0 bridgehead atoms. The lowest BCUT2D eigenvalue weighted by Gasteiger charge is -1.96. The van der Waals surface area contributed by atoms with Crippen LogP contribution in [0.1, 0.15) is 78.2 Å². The Hall–Kier alpha value is -1.11. The Morgan fingerprint density at radius 1 is 1.05 bits per heavy atom. The van der Waals surface area contributed by atoms with E-state index in [1.165, 1.54) is 31.2 Å². The van der Waals surface area contributed by atoms with Gasteiger partial charge < -0.3 is 0 Å². The average molecular weight is 276 g/mol. The zero-order valence-electron chi connectivity index (χ0n) is 14.0. The number of carbonyl (C=O) groups is 1. The third kappa shape index (κ3) is 7.47. The third-order valence-electron chi connectivity index (χ3n) is 3.50. The summed E-state index contributed by atoms with van der Waals surface area (Å²) in [6.45, 7) is 10.2. The van der Waals surface area contributed by atoms with Crippen molar-refractivity contribution < 1.29 is 4.79 Å². The first-order chi connectivity index (χ1) is 9.70. The number of unbranched alkanes of at least 4 members (excludes halogenated alkanes) is 3. The van der Waals surface area contributed by atoms with E-state index >= 15 is 0 Å². The minimum absolute atomic E-state index is 0.312. The summed E-state index contributed by atoms with van der Waals surface area (Å²) in [5.41, 5.74) is 1.32. The molecule has 1 saturated carbocycles. The summed E-state index contributed by atoms with van der Waals surface area (Å²) in [5.74, 6) is 1.17. The second-order valence-electron chi connectivity index (χ2n) is 5.18. The highest BCUT2D eigenvalue weighted by molar-refractivity contribution is 5.82. The van der Waals surface area contributed by atoms with Crippen molar-refractivity contribution in [2.75, 3.05) is 0 Å². The molecule has 0 saturated heterocycles. The minimum Gasteiger partial charge on any atom is -0.300 e. The van der Waals surface area contributed by atoms with Gasteiger partial charge in [0.1, 0.15) is 5.78 Å². The smallest absolute Gasteiger partial charge is 0.133 e. The molecule has 2 unspecified atom stereocenters. The molecule has 1 heteroatoms. The molecule has 0 aliphatic heterocycles. The number of hydrogen-bond acceptors (Lipinski definition) is 1. The normalized spacial score (nSPS) is 19.1. The van der Waals surface area contributed by atoms with E-state index in [1.54, 1.807) is 6.92 Å². The summed E-state index contributed by atoms with van der Waals surface area (Å²) in [6.07, 6.45) is 6.59. The molecular formula is C19H32O.